The first kappa shape index (κ1) is 11.7. The Labute approximate surface area is 111 Å². The zero-order valence-electron chi connectivity index (χ0n) is 11.0. The number of aromatic nitrogens is 3. The molecule has 0 spiro atoms. The number of aromatic hydroxyl groups is 1. The number of hydrogen-bond acceptors (Lipinski definition) is 3. The molecule has 0 bridgehead atoms. The van der Waals surface area contributed by atoms with Gasteiger partial charge in [-0.05, 0) is 48.7 Å². The van der Waals surface area contributed by atoms with E-state index in [1.165, 1.54) is 10.4 Å². The maximum absolute atomic E-state index is 9.91. The van der Waals surface area contributed by atoms with Crippen LogP contribution in [0.1, 0.15) is 18.1 Å². The lowest BCUT2D eigenvalue weighted by molar-refractivity contribution is 0.467. The third-order valence-corrected chi connectivity index (χ3v) is 3.20. The van der Waals surface area contributed by atoms with Crippen LogP contribution in [0.15, 0.2) is 36.4 Å². The zero-order valence-corrected chi connectivity index (χ0v) is 11.0. The van der Waals surface area contributed by atoms with Gasteiger partial charge in [0.25, 0.3) is 0 Å². The summed E-state index contributed by atoms with van der Waals surface area (Å²) in [6.45, 7) is 4.08. The molecule has 1 N–H and O–H groups in total. The maximum Gasteiger partial charge on any atom is 0.143 e. The molecule has 0 aliphatic rings. The van der Waals surface area contributed by atoms with Crippen LogP contribution in [0.25, 0.3) is 16.7 Å². The van der Waals surface area contributed by atoms with Crippen molar-refractivity contribution >= 4 is 11.0 Å². The van der Waals surface area contributed by atoms with Gasteiger partial charge in [0.15, 0.2) is 0 Å². The highest BCUT2D eigenvalue weighted by Crippen LogP contribution is 2.23. The van der Waals surface area contributed by atoms with E-state index in [4.69, 9.17) is 0 Å². The van der Waals surface area contributed by atoms with Crippen LogP contribution in [-0.4, -0.2) is 20.1 Å². The van der Waals surface area contributed by atoms with Gasteiger partial charge in [0, 0.05) is 0 Å². The van der Waals surface area contributed by atoms with Crippen LogP contribution in [0, 0.1) is 6.92 Å². The molecule has 4 nitrogen and oxygen atoms in total. The second-order valence-corrected chi connectivity index (χ2v) is 4.66. The first-order chi connectivity index (χ1) is 9.17. The van der Waals surface area contributed by atoms with Crippen LogP contribution in [0.2, 0.25) is 0 Å². The molecule has 0 radical (unpaired) electrons. The monoisotopic (exact) mass is 253 g/mol. The number of phenols is 1. The van der Waals surface area contributed by atoms with Gasteiger partial charge in [0.1, 0.15) is 22.5 Å². The number of nitrogens with zero attached hydrogens (tertiary/aromatic N) is 3. The third-order valence-electron chi connectivity index (χ3n) is 3.20. The minimum absolute atomic E-state index is 0.182. The van der Waals surface area contributed by atoms with Gasteiger partial charge < -0.3 is 5.11 Å². The molecule has 0 unspecified atom stereocenters. The molecule has 0 saturated carbocycles. The van der Waals surface area contributed by atoms with E-state index in [1.54, 1.807) is 6.07 Å². The molecule has 96 valence electrons. The summed E-state index contributed by atoms with van der Waals surface area (Å²) in [5.41, 5.74) is 4.57. The lowest BCUT2D eigenvalue weighted by Gasteiger charge is -2.03. The fourth-order valence-electron chi connectivity index (χ4n) is 2.08. The number of benzene rings is 2. The third kappa shape index (κ3) is 2.05. The van der Waals surface area contributed by atoms with Gasteiger partial charge in [0.2, 0.25) is 0 Å². The first-order valence-electron chi connectivity index (χ1n) is 6.33. The highest BCUT2D eigenvalue weighted by molar-refractivity contribution is 5.74. The zero-order chi connectivity index (χ0) is 13.4. The van der Waals surface area contributed by atoms with E-state index in [0.717, 1.165) is 23.0 Å². The summed E-state index contributed by atoms with van der Waals surface area (Å²) < 4.78 is 0. The summed E-state index contributed by atoms with van der Waals surface area (Å²) in [6.07, 6.45) is 0.971. The Balaban J connectivity index is 2.17. The molecule has 3 aromatic rings. The van der Waals surface area contributed by atoms with Crippen LogP contribution in [0.3, 0.4) is 0 Å². The van der Waals surface area contributed by atoms with E-state index < -0.39 is 0 Å². The Morgan fingerprint density at radius 1 is 1.05 bits per heavy atom. The van der Waals surface area contributed by atoms with Crippen molar-refractivity contribution in [3.05, 3.63) is 47.5 Å². The van der Waals surface area contributed by atoms with Crippen molar-refractivity contribution in [3.63, 3.8) is 0 Å². The van der Waals surface area contributed by atoms with Gasteiger partial charge in [-0.15, -0.1) is 15.0 Å². The summed E-state index contributed by atoms with van der Waals surface area (Å²) in [5, 5.41) is 18.8. The molecular weight excluding hydrogens is 238 g/mol. The summed E-state index contributed by atoms with van der Waals surface area (Å²) in [6, 6.07) is 11.4. The van der Waals surface area contributed by atoms with Crippen LogP contribution >= 0.6 is 0 Å². The topological polar surface area (TPSA) is 50.9 Å². The molecule has 1 heterocycles. The molecule has 0 aliphatic carbocycles. The summed E-state index contributed by atoms with van der Waals surface area (Å²) in [4.78, 5) is 1.49. The number of rotatable bonds is 2. The van der Waals surface area contributed by atoms with Gasteiger partial charge in [-0.3, -0.25) is 0 Å². The predicted octanol–water partition coefficient (Wildman–Crippen LogP) is 3.00. The largest absolute Gasteiger partial charge is 0.506 e. The highest BCUT2D eigenvalue weighted by atomic mass is 16.3. The van der Waals surface area contributed by atoms with Crippen molar-refractivity contribution in [2.45, 2.75) is 20.3 Å². The second-order valence-electron chi connectivity index (χ2n) is 4.66. The SMILES string of the molecule is CCc1ccc2nn(-c3cc(C)ccc3O)nc2c1. The smallest absolute Gasteiger partial charge is 0.143 e. The van der Waals surface area contributed by atoms with Gasteiger partial charge in [-0.25, -0.2) is 0 Å². The van der Waals surface area contributed by atoms with Crippen LogP contribution in [0.4, 0.5) is 0 Å². The standard InChI is InChI=1S/C15H15N3O/c1-3-11-5-6-12-13(9-11)17-18(16-12)14-8-10(2)4-7-15(14)19/h4-9,19H,3H2,1-2H3. The summed E-state index contributed by atoms with van der Waals surface area (Å²) in [5.74, 6) is 0.182. The van der Waals surface area contributed by atoms with Crippen LogP contribution < -0.4 is 0 Å². The molecule has 4 heteroatoms. The second kappa shape index (κ2) is 4.39. The quantitative estimate of drug-likeness (QED) is 0.763. The Morgan fingerprint density at radius 2 is 1.84 bits per heavy atom. The van der Waals surface area contributed by atoms with E-state index in [0.29, 0.717) is 5.69 Å². The summed E-state index contributed by atoms with van der Waals surface area (Å²) >= 11 is 0. The molecule has 0 amide bonds. The lowest BCUT2D eigenvalue weighted by atomic mass is 10.1. The van der Waals surface area contributed by atoms with E-state index in [2.05, 4.69) is 23.2 Å². The summed E-state index contributed by atoms with van der Waals surface area (Å²) in [7, 11) is 0. The van der Waals surface area contributed by atoms with Crippen LogP contribution in [0.5, 0.6) is 5.75 Å². The predicted molar refractivity (Wildman–Crippen MR) is 74.6 cm³/mol. The van der Waals surface area contributed by atoms with Crippen molar-refractivity contribution in [1.29, 1.82) is 0 Å². The molecule has 0 saturated heterocycles. The molecule has 3 rings (SSSR count). The molecule has 19 heavy (non-hydrogen) atoms. The van der Waals surface area contributed by atoms with Crippen LogP contribution in [-0.2, 0) is 6.42 Å². The number of phenolic OH excluding ortho intramolecular Hbond substituents is 1. The maximum atomic E-state index is 9.91. The Bertz CT molecular complexity index is 746. The van der Waals surface area contributed by atoms with Gasteiger partial charge in [-0.1, -0.05) is 19.1 Å². The minimum Gasteiger partial charge on any atom is -0.506 e. The molecular formula is C15H15N3O. The van der Waals surface area contributed by atoms with E-state index in [9.17, 15) is 5.11 Å². The molecule has 0 atom stereocenters. The van der Waals surface area contributed by atoms with E-state index in [1.807, 2.05) is 31.2 Å². The Hall–Kier alpha value is -2.36. The van der Waals surface area contributed by atoms with Crippen molar-refractivity contribution < 1.29 is 5.11 Å². The highest BCUT2D eigenvalue weighted by Gasteiger charge is 2.09. The number of aryl methyl sites for hydroxylation is 2. The van der Waals surface area contributed by atoms with Gasteiger partial charge in [-0.2, -0.15) is 0 Å². The van der Waals surface area contributed by atoms with Crippen molar-refractivity contribution in [2.24, 2.45) is 0 Å². The van der Waals surface area contributed by atoms with Crippen molar-refractivity contribution in [1.82, 2.24) is 15.0 Å². The molecule has 0 aliphatic heterocycles. The molecule has 2 aromatic carbocycles. The Morgan fingerprint density at radius 3 is 2.63 bits per heavy atom. The fraction of sp³-hybridized carbons (Fsp3) is 0.200. The van der Waals surface area contributed by atoms with E-state index in [-0.39, 0.29) is 5.75 Å². The molecule has 0 fully saturated rings. The average molecular weight is 253 g/mol. The number of hydrogen-bond donors (Lipinski definition) is 1. The lowest BCUT2D eigenvalue weighted by Crippen LogP contribution is -1.99. The first-order valence-corrected chi connectivity index (χ1v) is 6.33. The van der Waals surface area contributed by atoms with E-state index >= 15 is 0 Å². The fourth-order valence-corrected chi connectivity index (χ4v) is 2.08. The average Bonchev–Trinajstić information content (AvgIpc) is 2.83. The van der Waals surface area contributed by atoms with Gasteiger partial charge in [0.05, 0.1) is 0 Å². The van der Waals surface area contributed by atoms with Crippen molar-refractivity contribution in [2.75, 3.05) is 0 Å². The van der Waals surface area contributed by atoms with Gasteiger partial charge >= 0.3 is 0 Å². The minimum atomic E-state index is 0.182. The Kier molecular flexibility index (Phi) is 2.71. The molecule has 1 aromatic heterocycles. The normalized spacial score (nSPS) is 11.1. The van der Waals surface area contributed by atoms with Crippen molar-refractivity contribution in [3.8, 4) is 11.4 Å². The number of fused-ring (bicyclic) bond motifs is 1.